The van der Waals surface area contributed by atoms with Gasteiger partial charge in [-0.25, -0.2) is 17.9 Å². The van der Waals surface area contributed by atoms with E-state index < -0.39 is 15.8 Å². The molecule has 0 saturated heterocycles. The zero-order valence-corrected chi connectivity index (χ0v) is 16.2. The third-order valence-electron chi connectivity index (χ3n) is 3.93. The average Bonchev–Trinajstić information content (AvgIpc) is 3.05. The summed E-state index contributed by atoms with van der Waals surface area (Å²) < 4.78 is 48.7. The van der Waals surface area contributed by atoms with Crippen LogP contribution in [0.1, 0.15) is 5.76 Å². The van der Waals surface area contributed by atoms with Crippen molar-refractivity contribution in [3.8, 4) is 28.1 Å². The van der Waals surface area contributed by atoms with Crippen LogP contribution < -0.4 is 9.88 Å². The summed E-state index contributed by atoms with van der Waals surface area (Å²) >= 11 is 1.49. The summed E-state index contributed by atoms with van der Waals surface area (Å²) in [5.41, 5.74) is 1.59. The molecule has 0 atom stereocenters. The second-order valence-electron chi connectivity index (χ2n) is 5.65. The number of aromatic nitrogens is 1. The predicted molar refractivity (Wildman–Crippen MR) is 102 cm³/mol. The van der Waals surface area contributed by atoms with Crippen molar-refractivity contribution in [1.29, 1.82) is 0 Å². The molecule has 0 aliphatic carbocycles. The van der Waals surface area contributed by atoms with E-state index in [9.17, 15) is 12.8 Å². The molecular weight excluding hydrogens is 391 g/mol. The van der Waals surface area contributed by atoms with Crippen molar-refractivity contribution in [2.45, 2.75) is 10.6 Å². The molecule has 1 heterocycles. The van der Waals surface area contributed by atoms with Gasteiger partial charge in [-0.15, -0.1) is 0 Å². The Bertz CT molecular complexity index is 1080. The molecule has 2 N–H and O–H groups in total. The minimum Gasteiger partial charge on any atom is -0.494 e. The fourth-order valence-corrected chi connectivity index (χ4v) is 3.97. The van der Waals surface area contributed by atoms with E-state index >= 15 is 0 Å². The van der Waals surface area contributed by atoms with E-state index in [1.54, 1.807) is 24.3 Å². The minimum absolute atomic E-state index is 0.0502. The smallest absolute Gasteiger partial charge is 0.238 e. The van der Waals surface area contributed by atoms with Crippen LogP contribution in [0.4, 0.5) is 4.39 Å². The topological polar surface area (TPSA) is 95.4 Å². The molecule has 0 fully saturated rings. The van der Waals surface area contributed by atoms with Crippen LogP contribution in [-0.4, -0.2) is 26.9 Å². The largest absolute Gasteiger partial charge is 0.494 e. The Morgan fingerprint density at radius 2 is 2.00 bits per heavy atom. The number of methoxy groups -OCH3 is 1. The monoisotopic (exact) mass is 408 g/mol. The fraction of sp³-hybridized carbons (Fsp3) is 0.167. The molecule has 2 aromatic carbocycles. The lowest BCUT2D eigenvalue weighted by atomic mass is 9.99. The molecule has 3 rings (SSSR count). The van der Waals surface area contributed by atoms with Crippen LogP contribution in [0.3, 0.4) is 0 Å². The van der Waals surface area contributed by atoms with Crippen LogP contribution >= 0.6 is 11.8 Å². The summed E-state index contributed by atoms with van der Waals surface area (Å²) in [6.45, 7) is 0. The summed E-state index contributed by atoms with van der Waals surface area (Å²) in [5, 5.41) is 9.45. The highest BCUT2D eigenvalue weighted by Gasteiger charge is 2.25. The van der Waals surface area contributed by atoms with E-state index in [0.29, 0.717) is 33.9 Å². The number of rotatable bonds is 6. The van der Waals surface area contributed by atoms with Gasteiger partial charge in [0.05, 0.1) is 23.3 Å². The summed E-state index contributed by atoms with van der Waals surface area (Å²) in [6, 6.07) is 10.7. The molecule has 1 aromatic heterocycles. The predicted octanol–water partition coefficient (Wildman–Crippen LogP) is 3.67. The SMILES string of the molecule is COc1ccc(-c2noc(CSC)c2-c2ccccc2S(N)(=O)=O)cc1F. The molecule has 0 radical (unpaired) electrons. The van der Waals surface area contributed by atoms with Gasteiger partial charge in [0.2, 0.25) is 10.0 Å². The second-order valence-corrected chi connectivity index (χ2v) is 8.05. The lowest BCUT2D eigenvalue weighted by Crippen LogP contribution is -2.13. The first-order chi connectivity index (χ1) is 12.9. The molecular formula is C18H17FN2O4S2. The number of benzene rings is 2. The zero-order valence-electron chi connectivity index (χ0n) is 14.6. The van der Waals surface area contributed by atoms with Gasteiger partial charge in [-0.3, -0.25) is 0 Å². The van der Waals surface area contributed by atoms with Crippen LogP contribution in [0, 0.1) is 5.82 Å². The molecule has 6 nitrogen and oxygen atoms in total. The third-order valence-corrected chi connectivity index (χ3v) is 5.45. The Labute approximate surface area is 160 Å². The highest BCUT2D eigenvalue weighted by Crippen LogP contribution is 2.39. The van der Waals surface area contributed by atoms with E-state index in [4.69, 9.17) is 14.4 Å². The molecule has 9 heteroatoms. The summed E-state index contributed by atoms with van der Waals surface area (Å²) in [4.78, 5) is -0.0502. The van der Waals surface area contributed by atoms with Gasteiger partial charge in [-0.1, -0.05) is 23.4 Å². The molecule has 0 bridgehead atoms. The van der Waals surface area contributed by atoms with Crippen molar-refractivity contribution < 1.29 is 22.1 Å². The standard InChI is InChI=1S/C18H17FN2O4S2/c1-24-14-8-7-11(9-13(14)19)18-17(15(10-26-2)25-21-18)12-5-3-4-6-16(12)27(20,22)23/h3-9H,10H2,1-2H3,(H2,20,22,23). The maximum atomic E-state index is 14.2. The molecule has 3 aromatic rings. The molecule has 142 valence electrons. The van der Waals surface area contributed by atoms with Gasteiger partial charge in [0, 0.05) is 11.1 Å². The lowest BCUT2D eigenvalue weighted by Gasteiger charge is -2.10. The van der Waals surface area contributed by atoms with Crippen molar-refractivity contribution in [3.05, 3.63) is 54.0 Å². The maximum Gasteiger partial charge on any atom is 0.238 e. The van der Waals surface area contributed by atoms with Crippen molar-refractivity contribution >= 4 is 21.8 Å². The lowest BCUT2D eigenvalue weighted by molar-refractivity contribution is 0.386. The van der Waals surface area contributed by atoms with Crippen LogP contribution in [0.25, 0.3) is 22.4 Å². The van der Waals surface area contributed by atoms with Gasteiger partial charge >= 0.3 is 0 Å². The highest BCUT2D eigenvalue weighted by molar-refractivity contribution is 7.97. The Kier molecular flexibility index (Phi) is 5.54. The number of thioether (sulfide) groups is 1. The number of hydrogen-bond donors (Lipinski definition) is 1. The zero-order chi connectivity index (χ0) is 19.6. The van der Waals surface area contributed by atoms with Gasteiger partial charge < -0.3 is 9.26 Å². The van der Waals surface area contributed by atoms with Gasteiger partial charge in [0.15, 0.2) is 17.3 Å². The van der Waals surface area contributed by atoms with Crippen LogP contribution in [0.15, 0.2) is 51.9 Å². The molecule has 0 unspecified atom stereocenters. The van der Waals surface area contributed by atoms with Gasteiger partial charge in [0.1, 0.15) is 5.69 Å². The maximum absolute atomic E-state index is 14.2. The number of halogens is 1. The number of sulfonamides is 1. The first kappa shape index (κ1) is 19.4. The average molecular weight is 408 g/mol. The summed E-state index contributed by atoms with van der Waals surface area (Å²) in [5.74, 6) is 0.470. The highest BCUT2D eigenvalue weighted by atomic mass is 32.2. The third kappa shape index (κ3) is 3.85. The quantitative estimate of drug-likeness (QED) is 0.669. The van der Waals surface area contributed by atoms with Crippen molar-refractivity contribution in [2.75, 3.05) is 13.4 Å². The van der Waals surface area contributed by atoms with E-state index in [-0.39, 0.29) is 10.6 Å². The molecule has 0 saturated carbocycles. The molecule has 0 spiro atoms. The molecule has 0 aliphatic heterocycles. The van der Waals surface area contributed by atoms with E-state index in [1.165, 1.54) is 37.1 Å². The molecule has 0 aliphatic rings. The Balaban J connectivity index is 2.28. The second kappa shape index (κ2) is 7.71. The van der Waals surface area contributed by atoms with Crippen LogP contribution in [0.5, 0.6) is 5.75 Å². The Morgan fingerprint density at radius 3 is 2.63 bits per heavy atom. The fourth-order valence-electron chi connectivity index (χ4n) is 2.76. The number of ether oxygens (including phenoxy) is 1. The summed E-state index contributed by atoms with van der Waals surface area (Å²) in [7, 11) is -2.61. The number of primary sulfonamides is 1. The van der Waals surface area contributed by atoms with E-state index in [2.05, 4.69) is 5.16 Å². The van der Waals surface area contributed by atoms with E-state index in [1.807, 2.05) is 6.26 Å². The molecule has 27 heavy (non-hydrogen) atoms. The van der Waals surface area contributed by atoms with E-state index in [0.717, 1.165) is 0 Å². The molecule has 0 amide bonds. The first-order valence-electron chi connectivity index (χ1n) is 7.80. The Morgan fingerprint density at radius 1 is 1.26 bits per heavy atom. The number of nitrogens with two attached hydrogens (primary N) is 1. The van der Waals surface area contributed by atoms with Gasteiger partial charge in [0.25, 0.3) is 0 Å². The summed E-state index contributed by atoms with van der Waals surface area (Å²) in [6.07, 6.45) is 1.88. The normalized spacial score (nSPS) is 11.6. The Hall–Kier alpha value is -2.36. The first-order valence-corrected chi connectivity index (χ1v) is 10.7. The van der Waals surface area contributed by atoms with Crippen molar-refractivity contribution in [2.24, 2.45) is 5.14 Å². The van der Waals surface area contributed by atoms with Crippen LogP contribution in [0.2, 0.25) is 0 Å². The van der Waals surface area contributed by atoms with Crippen molar-refractivity contribution in [3.63, 3.8) is 0 Å². The van der Waals surface area contributed by atoms with Gasteiger partial charge in [-0.05, 0) is 30.5 Å². The number of hydrogen-bond acceptors (Lipinski definition) is 6. The minimum atomic E-state index is -3.98. The van der Waals surface area contributed by atoms with Gasteiger partial charge in [-0.2, -0.15) is 11.8 Å². The van der Waals surface area contributed by atoms with Crippen molar-refractivity contribution in [1.82, 2.24) is 5.16 Å². The number of nitrogens with zero attached hydrogens (tertiary/aromatic N) is 1. The van der Waals surface area contributed by atoms with Crippen LogP contribution in [-0.2, 0) is 15.8 Å².